The molecular formula is C17H25N7O. The molecule has 4 rings (SSSR count). The number of rotatable bonds is 4. The number of β-amino-alcohol motifs (C(OH)–C–C–N with tert-alkyl or cyclic N) is 1. The van der Waals surface area contributed by atoms with Gasteiger partial charge >= 0.3 is 0 Å². The van der Waals surface area contributed by atoms with Crippen molar-refractivity contribution < 1.29 is 5.11 Å². The van der Waals surface area contributed by atoms with Crippen LogP contribution in [0, 0.1) is 0 Å². The maximum atomic E-state index is 11.1. The van der Waals surface area contributed by atoms with Gasteiger partial charge in [0.2, 0.25) is 0 Å². The fraction of sp³-hybridized carbons (Fsp3) is 0.647. The summed E-state index contributed by atoms with van der Waals surface area (Å²) in [6, 6.07) is 2.26. The lowest BCUT2D eigenvalue weighted by Crippen LogP contribution is -2.31. The molecule has 1 N–H and O–H groups in total. The molecule has 2 saturated heterocycles. The number of aliphatic hydroxyl groups is 1. The van der Waals surface area contributed by atoms with Crippen molar-refractivity contribution in [2.24, 2.45) is 0 Å². The Labute approximate surface area is 147 Å². The van der Waals surface area contributed by atoms with E-state index in [9.17, 15) is 5.11 Å². The zero-order valence-electron chi connectivity index (χ0n) is 14.8. The van der Waals surface area contributed by atoms with Crippen molar-refractivity contribution in [3.63, 3.8) is 0 Å². The van der Waals surface area contributed by atoms with E-state index in [1.54, 1.807) is 11.0 Å². The van der Waals surface area contributed by atoms with Gasteiger partial charge in [-0.05, 0) is 26.7 Å². The molecule has 1 atom stereocenters. The molecule has 2 aromatic rings. The maximum Gasteiger partial charge on any atom is 0.134 e. The quantitative estimate of drug-likeness (QED) is 0.897. The SMILES string of the molecule is CC(C)n1cc(C2(O)CCN(c3cc(N4CCCC4)ncn3)C2)nn1. The number of aromatic nitrogens is 5. The third-order valence-electron chi connectivity index (χ3n) is 5.16. The Morgan fingerprint density at radius 3 is 2.48 bits per heavy atom. The first-order valence-corrected chi connectivity index (χ1v) is 9.02. The topological polar surface area (TPSA) is 83.2 Å². The van der Waals surface area contributed by atoms with Gasteiger partial charge in [0.25, 0.3) is 0 Å². The van der Waals surface area contributed by atoms with Crippen LogP contribution < -0.4 is 9.80 Å². The van der Waals surface area contributed by atoms with Crippen LogP contribution in [0.3, 0.4) is 0 Å². The van der Waals surface area contributed by atoms with Crippen molar-refractivity contribution in [1.82, 2.24) is 25.0 Å². The molecule has 0 bridgehead atoms. The Bertz CT molecular complexity index is 740. The van der Waals surface area contributed by atoms with E-state index in [4.69, 9.17) is 0 Å². The summed E-state index contributed by atoms with van der Waals surface area (Å²) >= 11 is 0. The highest BCUT2D eigenvalue weighted by atomic mass is 16.3. The fourth-order valence-electron chi connectivity index (χ4n) is 3.57. The first-order chi connectivity index (χ1) is 12.0. The zero-order valence-corrected chi connectivity index (χ0v) is 14.8. The summed E-state index contributed by atoms with van der Waals surface area (Å²) in [4.78, 5) is 13.2. The predicted molar refractivity (Wildman–Crippen MR) is 94.6 cm³/mol. The van der Waals surface area contributed by atoms with E-state index in [-0.39, 0.29) is 6.04 Å². The van der Waals surface area contributed by atoms with E-state index in [0.29, 0.717) is 18.7 Å². The Kier molecular flexibility index (Phi) is 4.07. The van der Waals surface area contributed by atoms with Crippen molar-refractivity contribution in [2.45, 2.75) is 44.8 Å². The zero-order chi connectivity index (χ0) is 17.4. The van der Waals surface area contributed by atoms with Crippen molar-refractivity contribution in [3.8, 4) is 0 Å². The van der Waals surface area contributed by atoms with E-state index in [0.717, 1.165) is 31.3 Å². The largest absolute Gasteiger partial charge is 0.381 e. The lowest BCUT2D eigenvalue weighted by molar-refractivity contribution is 0.0559. The summed E-state index contributed by atoms with van der Waals surface area (Å²) in [7, 11) is 0. The third-order valence-corrected chi connectivity index (χ3v) is 5.16. The Morgan fingerprint density at radius 2 is 1.80 bits per heavy atom. The second-order valence-corrected chi connectivity index (χ2v) is 7.31. The van der Waals surface area contributed by atoms with Gasteiger partial charge in [-0.25, -0.2) is 14.6 Å². The van der Waals surface area contributed by atoms with E-state index in [1.807, 2.05) is 26.1 Å². The smallest absolute Gasteiger partial charge is 0.134 e. The van der Waals surface area contributed by atoms with Crippen LogP contribution >= 0.6 is 0 Å². The van der Waals surface area contributed by atoms with E-state index in [1.165, 1.54) is 12.8 Å². The fourth-order valence-corrected chi connectivity index (χ4v) is 3.57. The van der Waals surface area contributed by atoms with Gasteiger partial charge in [-0.3, -0.25) is 0 Å². The van der Waals surface area contributed by atoms with Crippen molar-refractivity contribution >= 4 is 11.6 Å². The lowest BCUT2D eigenvalue weighted by Gasteiger charge is -2.23. The van der Waals surface area contributed by atoms with Crippen LogP contribution in [0.1, 0.15) is 44.8 Å². The van der Waals surface area contributed by atoms with Gasteiger partial charge in [-0.15, -0.1) is 5.10 Å². The van der Waals surface area contributed by atoms with Crippen LogP contribution in [0.25, 0.3) is 0 Å². The molecule has 25 heavy (non-hydrogen) atoms. The molecule has 0 aliphatic carbocycles. The van der Waals surface area contributed by atoms with Gasteiger partial charge < -0.3 is 14.9 Å². The summed E-state index contributed by atoms with van der Waals surface area (Å²) in [6.45, 7) is 7.41. The van der Waals surface area contributed by atoms with Crippen molar-refractivity contribution in [1.29, 1.82) is 0 Å². The molecule has 1 unspecified atom stereocenters. The number of hydrogen-bond acceptors (Lipinski definition) is 7. The van der Waals surface area contributed by atoms with Crippen LogP contribution in [0.2, 0.25) is 0 Å². The molecule has 134 valence electrons. The second-order valence-electron chi connectivity index (χ2n) is 7.31. The Balaban J connectivity index is 1.52. The van der Waals surface area contributed by atoms with Crippen molar-refractivity contribution in [3.05, 3.63) is 24.3 Å². The summed E-state index contributed by atoms with van der Waals surface area (Å²) in [5.74, 6) is 1.84. The maximum absolute atomic E-state index is 11.1. The molecule has 2 aliphatic heterocycles. The van der Waals surface area contributed by atoms with Crippen LogP contribution in [0.4, 0.5) is 11.6 Å². The van der Waals surface area contributed by atoms with Gasteiger partial charge in [0.05, 0.1) is 12.7 Å². The minimum Gasteiger partial charge on any atom is -0.381 e. The molecule has 0 spiro atoms. The third kappa shape index (κ3) is 3.06. The molecule has 0 amide bonds. The molecule has 2 aromatic heterocycles. The van der Waals surface area contributed by atoms with E-state index in [2.05, 4.69) is 30.1 Å². The molecule has 2 aliphatic rings. The predicted octanol–water partition coefficient (Wildman–Crippen LogP) is 1.35. The van der Waals surface area contributed by atoms with E-state index < -0.39 is 5.60 Å². The van der Waals surface area contributed by atoms with Gasteiger partial charge in [0, 0.05) is 38.2 Å². The average molecular weight is 343 g/mol. The van der Waals surface area contributed by atoms with Crippen LogP contribution in [0.5, 0.6) is 0 Å². The average Bonchev–Trinajstić information content (AvgIpc) is 3.35. The van der Waals surface area contributed by atoms with Gasteiger partial charge in [-0.1, -0.05) is 5.21 Å². The van der Waals surface area contributed by atoms with Crippen molar-refractivity contribution in [2.75, 3.05) is 36.0 Å². The lowest BCUT2D eigenvalue weighted by atomic mass is 10.00. The number of anilines is 2. The number of nitrogens with zero attached hydrogens (tertiary/aromatic N) is 7. The summed E-state index contributed by atoms with van der Waals surface area (Å²) in [5.41, 5.74) is -0.344. The van der Waals surface area contributed by atoms with Gasteiger partial charge in [-0.2, -0.15) is 0 Å². The molecular weight excluding hydrogens is 318 g/mol. The standard InChI is InChI=1S/C17H25N7O/c1-13(2)24-10-14(20-21-24)17(25)5-8-23(11-17)16-9-15(18-12-19-16)22-6-3-4-7-22/h9-10,12-13,25H,3-8,11H2,1-2H3. The van der Waals surface area contributed by atoms with Gasteiger partial charge in [0.15, 0.2) is 0 Å². The minimum atomic E-state index is -0.980. The summed E-state index contributed by atoms with van der Waals surface area (Å²) < 4.78 is 1.78. The highest BCUT2D eigenvalue weighted by molar-refractivity contribution is 5.51. The molecule has 0 radical (unpaired) electrons. The minimum absolute atomic E-state index is 0.229. The Hall–Kier alpha value is -2.22. The Morgan fingerprint density at radius 1 is 1.08 bits per heavy atom. The van der Waals surface area contributed by atoms with Crippen LogP contribution in [-0.4, -0.2) is 56.2 Å². The molecule has 8 nitrogen and oxygen atoms in total. The second kappa shape index (κ2) is 6.25. The highest BCUT2D eigenvalue weighted by Crippen LogP contribution is 2.33. The molecule has 4 heterocycles. The summed E-state index contributed by atoms with van der Waals surface area (Å²) in [6.07, 6.45) is 6.52. The number of hydrogen-bond donors (Lipinski definition) is 1. The molecule has 8 heteroatoms. The highest BCUT2D eigenvalue weighted by Gasteiger charge is 2.41. The van der Waals surface area contributed by atoms with E-state index >= 15 is 0 Å². The van der Waals surface area contributed by atoms with Gasteiger partial charge in [0.1, 0.15) is 29.3 Å². The molecule has 0 saturated carbocycles. The first-order valence-electron chi connectivity index (χ1n) is 9.02. The normalized spacial score (nSPS) is 23.8. The van der Waals surface area contributed by atoms with Crippen LogP contribution in [0.15, 0.2) is 18.6 Å². The monoisotopic (exact) mass is 343 g/mol. The molecule has 2 fully saturated rings. The first kappa shape index (κ1) is 16.3. The summed E-state index contributed by atoms with van der Waals surface area (Å²) in [5, 5.41) is 19.4. The molecule has 0 aromatic carbocycles. The van der Waals surface area contributed by atoms with Crippen LogP contribution in [-0.2, 0) is 5.60 Å².